The monoisotopic (exact) mass is 440 g/mol. The first-order valence-corrected chi connectivity index (χ1v) is 6.35. The van der Waals surface area contributed by atoms with E-state index in [0.29, 0.717) is 12.1 Å². The molecule has 11 heteroatoms. The third-order valence-electron chi connectivity index (χ3n) is 1.91. The molecule has 1 aromatic carbocycles. The van der Waals surface area contributed by atoms with Gasteiger partial charge in [-0.15, -0.1) is 0 Å². The molecule has 0 N–H and O–H groups in total. The maximum atomic E-state index is 12.7. The van der Waals surface area contributed by atoms with Crippen LogP contribution in [0.4, 0.5) is 39.5 Å². The van der Waals surface area contributed by atoms with Crippen LogP contribution in [0.15, 0.2) is 17.0 Å². The molecule has 0 atom stereocenters. The molecule has 1 rings (SSSR count). The van der Waals surface area contributed by atoms with Crippen LogP contribution in [0.2, 0.25) is 0 Å². The summed E-state index contributed by atoms with van der Waals surface area (Å²) in [6, 6.07) is 0.935. The lowest BCUT2D eigenvalue weighted by atomic mass is 10.1. The van der Waals surface area contributed by atoms with E-state index in [0.717, 1.165) is 22.6 Å². The van der Waals surface area contributed by atoms with Gasteiger partial charge >= 0.3 is 17.9 Å². The Morgan fingerprint density at radius 1 is 0.750 bits per heavy atom. The fourth-order valence-electron chi connectivity index (χ4n) is 1.33. The maximum Gasteiger partial charge on any atom is 0.446 e. The zero-order chi connectivity index (χ0) is 15.9. The Hall–Kier alpha value is -0.330. The van der Waals surface area contributed by atoms with Gasteiger partial charge in [0.1, 0.15) is 0 Å². The van der Waals surface area contributed by atoms with Crippen LogP contribution in [0.1, 0.15) is 11.1 Å². The molecule has 0 saturated carbocycles. The highest BCUT2D eigenvalue weighted by molar-refractivity contribution is 14.1. The van der Waals surface area contributed by atoms with Gasteiger partial charge in [0.2, 0.25) is 0 Å². The summed E-state index contributed by atoms with van der Waals surface area (Å²) in [5.74, 6) is 0. The third kappa shape index (κ3) is 4.33. The fourth-order valence-corrected chi connectivity index (χ4v) is 2.79. The highest BCUT2D eigenvalue weighted by Gasteiger charge is 2.48. The summed E-state index contributed by atoms with van der Waals surface area (Å²) in [5, 5.41) is 0. The minimum Gasteiger partial charge on any atom is -0.166 e. The summed E-state index contributed by atoms with van der Waals surface area (Å²) in [4.78, 5) is -1.53. The second-order valence-electron chi connectivity index (χ2n) is 3.34. The number of alkyl halides is 9. The summed E-state index contributed by atoms with van der Waals surface area (Å²) < 4.78 is 112. The molecule has 0 unspecified atom stereocenters. The summed E-state index contributed by atoms with van der Waals surface area (Å²) in [5.41, 5.74) is -9.56. The van der Waals surface area contributed by atoms with Crippen molar-refractivity contribution < 1.29 is 39.5 Å². The van der Waals surface area contributed by atoms with E-state index >= 15 is 0 Å². The van der Waals surface area contributed by atoms with Crippen molar-refractivity contribution in [1.29, 1.82) is 0 Å². The second kappa shape index (κ2) is 5.46. The van der Waals surface area contributed by atoms with Crippen molar-refractivity contribution in [3.63, 3.8) is 0 Å². The van der Waals surface area contributed by atoms with Gasteiger partial charge in [-0.1, -0.05) is 0 Å². The van der Waals surface area contributed by atoms with Gasteiger partial charge in [0.25, 0.3) is 0 Å². The Labute approximate surface area is 123 Å². The van der Waals surface area contributed by atoms with Gasteiger partial charge in [0.15, 0.2) is 0 Å². The quantitative estimate of drug-likeness (QED) is 0.296. The molecule has 0 heterocycles. The van der Waals surface area contributed by atoms with E-state index in [1.165, 1.54) is 0 Å². The summed E-state index contributed by atoms with van der Waals surface area (Å²) in [7, 11) is 0. The number of rotatable bonds is 1. The Morgan fingerprint density at radius 3 is 1.55 bits per heavy atom. The average molecular weight is 440 g/mol. The number of thioether (sulfide) groups is 1. The van der Waals surface area contributed by atoms with Gasteiger partial charge in [-0.2, -0.15) is 39.5 Å². The summed E-state index contributed by atoms with van der Waals surface area (Å²) >= 11 is -0.235. The van der Waals surface area contributed by atoms with Crippen molar-refractivity contribution in [1.82, 2.24) is 0 Å². The number of hydrogen-bond acceptors (Lipinski definition) is 1. The molecule has 0 spiro atoms. The highest BCUT2D eigenvalue weighted by Crippen LogP contribution is 2.49. The molecule has 0 fully saturated rings. The molecular formula is C9H2F9IS. The van der Waals surface area contributed by atoms with E-state index in [2.05, 4.69) is 0 Å². The Kier molecular flexibility index (Phi) is 4.84. The van der Waals surface area contributed by atoms with Gasteiger partial charge in [-0.3, -0.25) is 0 Å². The molecule has 0 aliphatic carbocycles. The molecule has 1 aromatic rings. The molecule has 0 nitrogen and oxygen atoms in total. The number of hydrogen-bond donors (Lipinski definition) is 0. The van der Waals surface area contributed by atoms with Crippen LogP contribution in [0.3, 0.4) is 0 Å². The van der Waals surface area contributed by atoms with Gasteiger partial charge in [0.05, 0.1) is 11.1 Å². The predicted octanol–water partition coefficient (Wildman–Crippen LogP) is 5.94. The van der Waals surface area contributed by atoms with Gasteiger partial charge in [0, 0.05) is 8.47 Å². The number of benzene rings is 1. The van der Waals surface area contributed by atoms with Crippen LogP contribution in [-0.4, -0.2) is 5.51 Å². The van der Waals surface area contributed by atoms with E-state index in [4.69, 9.17) is 0 Å². The lowest BCUT2D eigenvalue weighted by Gasteiger charge is -2.20. The van der Waals surface area contributed by atoms with Crippen molar-refractivity contribution in [3.8, 4) is 0 Å². The smallest absolute Gasteiger partial charge is 0.166 e. The average Bonchev–Trinajstić information content (AvgIpc) is 2.14. The van der Waals surface area contributed by atoms with Crippen LogP contribution in [0.5, 0.6) is 0 Å². The Morgan fingerprint density at radius 2 is 1.20 bits per heavy atom. The van der Waals surface area contributed by atoms with Crippen LogP contribution in [0.25, 0.3) is 0 Å². The van der Waals surface area contributed by atoms with E-state index < -0.39 is 49.2 Å². The summed E-state index contributed by atoms with van der Waals surface area (Å²) in [6.45, 7) is 0. The van der Waals surface area contributed by atoms with E-state index in [1.807, 2.05) is 0 Å². The standard InChI is InChI=1S/C9H2F9IS/c10-7(11,12)5-3(19)1-2-4(20-9(16,17)18)6(5)8(13,14)15/h1-2H. The topological polar surface area (TPSA) is 0 Å². The van der Waals surface area contributed by atoms with Gasteiger partial charge in [-0.25, -0.2) is 0 Å². The third-order valence-corrected chi connectivity index (χ3v) is 3.60. The predicted molar refractivity (Wildman–Crippen MR) is 61.1 cm³/mol. The van der Waals surface area contributed by atoms with Crippen LogP contribution in [0, 0.1) is 3.57 Å². The van der Waals surface area contributed by atoms with Crippen molar-refractivity contribution in [3.05, 3.63) is 26.8 Å². The van der Waals surface area contributed by atoms with Crippen molar-refractivity contribution in [2.45, 2.75) is 22.8 Å². The molecule has 0 amide bonds. The zero-order valence-electron chi connectivity index (χ0n) is 8.84. The molecular weight excluding hydrogens is 438 g/mol. The molecule has 0 bridgehead atoms. The first-order chi connectivity index (χ1) is 8.73. The lowest BCUT2D eigenvalue weighted by molar-refractivity contribution is -0.164. The van der Waals surface area contributed by atoms with Crippen LogP contribution >= 0.6 is 34.4 Å². The van der Waals surface area contributed by atoms with Crippen molar-refractivity contribution in [2.75, 3.05) is 0 Å². The molecule has 0 saturated heterocycles. The SMILES string of the molecule is FC(F)(F)Sc1ccc(I)c(C(F)(F)F)c1C(F)(F)F. The normalized spacial score (nSPS) is 13.7. The zero-order valence-corrected chi connectivity index (χ0v) is 11.8. The Bertz CT molecular complexity index is 500. The molecule has 20 heavy (non-hydrogen) atoms. The van der Waals surface area contributed by atoms with E-state index in [9.17, 15) is 39.5 Å². The lowest BCUT2D eigenvalue weighted by Crippen LogP contribution is -2.20. The number of halogens is 10. The second-order valence-corrected chi connectivity index (χ2v) is 5.61. The highest BCUT2D eigenvalue weighted by atomic mass is 127. The molecule has 0 aliphatic heterocycles. The van der Waals surface area contributed by atoms with Gasteiger partial charge < -0.3 is 0 Å². The first-order valence-electron chi connectivity index (χ1n) is 4.46. The van der Waals surface area contributed by atoms with Crippen molar-refractivity contribution >= 4 is 34.4 Å². The molecule has 0 radical (unpaired) electrons. The largest absolute Gasteiger partial charge is 0.446 e. The molecule has 114 valence electrons. The van der Waals surface area contributed by atoms with E-state index in [-0.39, 0.29) is 0 Å². The van der Waals surface area contributed by atoms with Crippen LogP contribution < -0.4 is 0 Å². The maximum absolute atomic E-state index is 12.7. The minimum absolute atomic E-state index is 0.373. The molecule has 0 aliphatic rings. The molecule has 0 aromatic heterocycles. The van der Waals surface area contributed by atoms with Crippen molar-refractivity contribution in [2.24, 2.45) is 0 Å². The van der Waals surface area contributed by atoms with Gasteiger partial charge in [-0.05, 0) is 46.5 Å². The Balaban J connectivity index is 3.64. The fraction of sp³-hybridized carbons (Fsp3) is 0.333. The first kappa shape index (κ1) is 17.7. The summed E-state index contributed by atoms with van der Waals surface area (Å²) in [6.07, 6.45) is -11.0. The van der Waals surface area contributed by atoms with Crippen LogP contribution in [-0.2, 0) is 12.4 Å². The van der Waals surface area contributed by atoms with E-state index in [1.54, 1.807) is 0 Å². The minimum atomic E-state index is -5.56.